The SMILES string of the molecule is COc1ccc(CNC(=O)c2c(C(=O)NC3CC3)cc(-c3ccccc3OC)c(C)c2F)cc1. The van der Waals surface area contributed by atoms with Crippen molar-refractivity contribution >= 4 is 11.8 Å². The topological polar surface area (TPSA) is 76.7 Å². The van der Waals surface area contributed by atoms with Crippen LogP contribution in [0.5, 0.6) is 11.5 Å². The Labute approximate surface area is 198 Å². The van der Waals surface area contributed by atoms with Crippen LogP contribution in [-0.4, -0.2) is 32.1 Å². The van der Waals surface area contributed by atoms with E-state index in [1.54, 1.807) is 44.4 Å². The molecule has 0 saturated heterocycles. The molecule has 0 radical (unpaired) electrons. The van der Waals surface area contributed by atoms with Gasteiger partial charge >= 0.3 is 0 Å². The summed E-state index contributed by atoms with van der Waals surface area (Å²) in [4.78, 5) is 26.2. The van der Waals surface area contributed by atoms with Gasteiger partial charge in [0.1, 0.15) is 17.3 Å². The van der Waals surface area contributed by atoms with Crippen LogP contribution in [0.25, 0.3) is 11.1 Å². The van der Waals surface area contributed by atoms with Crippen LogP contribution < -0.4 is 20.1 Å². The molecular formula is C27H27FN2O4. The van der Waals surface area contributed by atoms with E-state index < -0.39 is 17.6 Å². The highest BCUT2D eigenvalue weighted by molar-refractivity contribution is 6.09. The van der Waals surface area contributed by atoms with E-state index in [2.05, 4.69) is 10.6 Å². The predicted octanol–water partition coefficient (Wildman–Crippen LogP) is 4.64. The lowest BCUT2D eigenvalue weighted by Crippen LogP contribution is -2.31. The van der Waals surface area contributed by atoms with Gasteiger partial charge in [0.15, 0.2) is 0 Å². The Bertz CT molecular complexity index is 1220. The molecule has 1 fully saturated rings. The van der Waals surface area contributed by atoms with Gasteiger partial charge in [0.05, 0.1) is 25.3 Å². The number of carbonyl (C=O) groups is 2. The van der Waals surface area contributed by atoms with Gasteiger partial charge in [-0.15, -0.1) is 0 Å². The summed E-state index contributed by atoms with van der Waals surface area (Å²) in [6, 6.07) is 16.0. The van der Waals surface area contributed by atoms with Crippen molar-refractivity contribution < 1.29 is 23.5 Å². The van der Waals surface area contributed by atoms with Crippen LogP contribution >= 0.6 is 0 Å². The van der Waals surface area contributed by atoms with Gasteiger partial charge in [-0.1, -0.05) is 30.3 Å². The fraction of sp³-hybridized carbons (Fsp3) is 0.259. The Morgan fingerprint density at radius 2 is 1.68 bits per heavy atom. The van der Waals surface area contributed by atoms with Crippen LogP contribution in [0.1, 0.15) is 44.7 Å². The Morgan fingerprint density at radius 3 is 2.32 bits per heavy atom. The van der Waals surface area contributed by atoms with Gasteiger partial charge in [-0.3, -0.25) is 9.59 Å². The van der Waals surface area contributed by atoms with Crippen molar-refractivity contribution in [2.75, 3.05) is 14.2 Å². The maximum absolute atomic E-state index is 15.7. The van der Waals surface area contributed by atoms with Gasteiger partial charge in [0.2, 0.25) is 0 Å². The molecule has 0 heterocycles. The number of benzene rings is 3. The zero-order chi connectivity index (χ0) is 24.2. The number of halogens is 1. The first kappa shape index (κ1) is 23.3. The standard InChI is InChI=1S/C27H27FN2O4/c1-16-21(20-6-4-5-7-23(20)34-3)14-22(26(31)30-18-10-11-18)24(25(16)28)27(32)29-15-17-8-12-19(33-2)13-9-17/h4-9,12-14,18H,10-11,15H2,1-3H3,(H,29,32)(H,30,31). The molecule has 0 bridgehead atoms. The van der Waals surface area contributed by atoms with Crippen molar-refractivity contribution in [1.82, 2.24) is 10.6 Å². The van der Waals surface area contributed by atoms with E-state index in [4.69, 9.17) is 9.47 Å². The molecular weight excluding hydrogens is 435 g/mol. The molecule has 0 spiro atoms. The van der Waals surface area contributed by atoms with E-state index in [1.807, 2.05) is 24.3 Å². The molecule has 6 nitrogen and oxygen atoms in total. The summed E-state index contributed by atoms with van der Waals surface area (Å²) in [7, 11) is 3.11. The van der Waals surface area contributed by atoms with Crippen LogP contribution in [0.3, 0.4) is 0 Å². The van der Waals surface area contributed by atoms with Crippen molar-refractivity contribution in [2.24, 2.45) is 0 Å². The fourth-order valence-corrected chi connectivity index (χ4v) is 3.80. The van der Waals surface area contributed by atoms with Crippen LogP contribution in [0.15, 0.2) is 54.6 Å². The minimum Gasteiger partial charge on any atom is -0.497 e. The normalized spacial score (nSPS) is 12.7. The van der Waals surface area contributed by atoms with Crippen molar-refractivity contribution in [1.29, 1.82) is 0 Å². The first-order chi connectivity index (χ1) is 16.4. The molecule has 2 amide bonds. The van der Waals surface area contributed by atoms with E-state index in [9.17, 15) is 9.59 Å². The Hall–Kier alpha value is -3.87. The highest BCUT2D eigenvalue weighted by Gasteiger charge is 2.30. The molecule has 0 unspecified atom stereocenters. The second kappa shape index (κ2) is 9.95. The van der Waals surface area contributed by atoms with Gasteiger partial charge in [-0.2, -0.15) is 0 Å². The van der Waals surface area contributed by atoms with Gasteiger partial charge < -0.3 is 20.1 Å². The highest BCUT2D eigenvalue weighted by atomic mass is 19.1. The molecule has 176 valence electrons. The molecule has 4 rings (SSSR count). The maximum atomic E-state index is 15.7. The molecule has 7 heteroatoms. The van der Waals surface area contributed by atoms with Crippen LogP contribution in [0.4, 0.5) is 4.39 Å². The van der Waals surface area contributed by atoms with Crippen LogP contribution in [0.2, 0.25) is 0 Å². The largest absolute Gasteiger partial charge is 0.497 e. The lowest BCUT2D eigenvalue weighted by molar-refractivity contribution is 0.0913. The predicted molar refractivity (Wildman–Crippen MR) is 128 cm³/mol. The summed E-state index contributed by atoms with van der Waals surface area (Å²) in [6.45, 7) is 1.78. The summed E-state index contributed by atoms with van der Waals surface area (Å²) < 4.78 is 26.3. The van der Waals surface area contributed by atoms with E-state index in [-0.39, 0.29) is 29.3 Å². The van der Waals surface area contributed by atoms with Crippen LogP contribution in [-0.2, 0) is 6.54 Å². The van der Waals surface area contributed by atoms with Gasteiger partial charge in [-0.25, -0.2) is 4.39 Å². The summed E-state index contributed by atoms with van der Waals surface area (Å²) >= 11 is 0. The third-order valence-corrected chi connectivity index (χ3v) is 5.90. The number of nitrogens with one attached hydrogen (secondary N) is 2. The summed E-state index contributed by atoms with van der Waals surface area (Å²) in [5, 5.41) is 5.62. The van der Waals surface area contributed by atoms with E-state index in [0.29, 0.717) is 22.6 Å². The first-order valence-electron chi connectivity index (χ1n) is 11.1. The Kier molecular flexibility index (Phi) is 6.82. The van der Waals surface area contributed by atoms with Gasteiger partial charge in [0, 0.05) is 18.2 Å². The number of rotatable bonds is 8. The molecule has 2 N–H and O–H groups in total. The molecule has 34 heavy (non-hydrogen) atoms. The third kappa shape index (κ3) is 4.88. The molecule has 3 aromatic carbocycles. The Balaban J connectivity index is 1.71. The zero-order valence-corrected chi connectivity index (χ0v) is 19.4. The second-order valence-corrected chi connectivity index (χ2v) is 8.26. The van der Waals surface area contributed by atoms with E-state index in [0.717, 1.165) is 18.4 Å². The number of carbonyl (C=O) groups excluding carboxylic acids is 2. The van der Waals surface area contributed by atoms with Crippen molar-refractivity contribution in [3.63, 3.8) is 0 Å². The van der Waals surface area contributed by atoms with Gasteiger partial charge in [0.25, 0.3) is 11.8 Å². The van der Waals surface area contributed by atoms with E-state index in [1.165, 1.54) is 7.11 Å². The highest BCUT2D eigenvalue weighted by Crippen LogP contribution is 2.36. The monoisotopic (exact) mass is 462 g/mol. The summed E-state index contributed by atoms with van der Waals surface area (Å²) in [6.07, 6.45) is 1.75. The number of ether oxygens (including phenoxy) is 2. The molecule has 1 aliphatic carbocycles. The number of para-hydroxylation sites is 1. The minimum absolute atomic E-state index is 0.00290. The van der Waals surface area contributed by atoms with Crippen molar-refractivity contribution in [3.05, 3.63) is 82.7 Å². The average Bonchev–Trinajstić information content (AvgIpc) is 3.68. The lowest BCUT2D eigenvalue weighted by atomic mass is 9.92. The average molecular weight is 463 g/mol. The molecule has 0 aliphatic heterocycles. The molecule has 0 atom stereocenters. The molecule has 1 saturated carbocycles. The summed E-state index contributed by atoms with van der Waals surface area (Å²) in [5.74, 6) is -0.592. The summed E-state index contributed by atoms with van der Waals surface area (Å²) in [5.41, 5.74) is 1.98. The molecule has 1 aliphatic rings. The van der Waals surface area contributed by atoms with Gasteiger partial charge in [-0.05, 0) is 60.7 Å². The smallest absolute Gasteiger partial charge is 0.255 e. The lowest BCUT2D eigenvalue weighted by Gasteiger charge is -2.18. The van der Waals surface area contributed by atoms with Crippen molar-refractivity contribution in [3.8, 4) is 22.6 Å². The van der Waals surface area contributed by atoms with E-state index >= 15 is 4.39 Å². The number of methoxy groups -OCH3 is 2. The molecule has 0 aromatic heterocycles. The van der Waals surface area contributed by atoms with Crippen LogP contribution in [0, 0.1) is 12.7 Å². The Morgan fingerprint density at radius 1 is 0.971 bits per heavy atom. The second-order valence-electron chi connectivity index (χ2n) is 8.26. The number of hydrogen-bond donors (Lipinski definition) is 2. The number of hydrogen-bond acceptors (Lipinski definition) is 4. The van der Waals surface area contributed by atoms with Crippen molar-refractivity contribution in [2.45, 2.75) is 32.4 Å². The first-order valence-corrected chi connectivity index (χ1v) is 11.1. The molecule has 3 aromatic rings. The fourth-order valence-electron chi connectivity index (χ4n) is 3.80. The quantitative estimate of drug-likeness (QED) is 0.511. The third-order valence-electron chi connectivity index (χ3n) is 5.90. The zero-order valence-electron chi connectivity index (χ0n) is 19.4. The maximum Gasteiger partial charge on any atom is 0.255 e. The minimum atomic E-state index is -0.725. The number of amides is 2.